The summed E-state index contributed by atoms with van der Waals surface area (Å²) in [6.45, 7) is 0.934. The Labute approximate surface area is 102 Å². The van der Waals surface area contributed by atoms with E-state index < -0.39 is 0 Å². The number of aromatic nitrogens is 2. The molecule has 0 fully saturated rings. The molecule has 1 aliphatic heterocycles. The quantitative estimate of drug-likeness (QED) is 0.790. The van der Waals surface area contributed by atoms with Crippen molar-refractivity contribution in [2.24, 2.45) is 0 Å². The molecule has 0 saturated carbocycles. The summed E-state index contributed by atoms with van der Waals surface area (Å²) in [6.07, 6.45) is 3.33. The first-order valence-corrected chi connectivity index (χ1v) is 6.29. The summed E-state index contributed by atoms with van der Waals surface area (Å²) in [4.78, 5) is 4.67. The Balaban J connectivity index is 2.44. The van der Waals surface area contributed by atoms with E-state index in [1.54, 1.807) is 0 Å². The number of fused-ring (bicyclic) bond motifs is 2. The molecule has 82 valence electrons. The van der Waals surface area contributed by atoms with Crippen molar-refractivity contribution in [1.29, 1.82) is 5.41 Å². The molecule has 1 aromatic heterocycles. The van der Waals surface area contributed by atoms with Gasteiger partial charge in [-0.1, -0.05) is 6.07 Å². The van der Waals surface area contributed by atoms with E-state index in [9.17, 15) is 0 Å². The molecule has 0 amide bonds. The van der Waals surface area contributed by atoms with Gasteiger partial charge in [-0.15, -0.1) is 0 Å². The molecule has 2 aromatic rings. The normalized spacial score (nSPS) is 15.1. The lowest BCUT2D eigenvalue weighted by molar-refractivity contribution is 0.493. The maximum atomic E-state index is 8.22. The number of hydrogen-bond donors (Lipinski definition) is 1. The minimum absolute atomic E-state index is 0.598. The number of para-hydroxylation sites is 1. The number of rotatable bonds is 0. The fourth-order valence-corrected chi connectivity index (χ4v) is 2.72. The van der Waals surface area contributed by atoms with Crippen LogP contribution in [0.3, 0.4) is 0 Å². The van der Waals surface area contributed by atoms with Gasteiger partial charge in [-0.25, -0.2) is 4.98 Å². The number of benzene rings is 1. The van der Waals surface area contributed by atoms with Crippen molar-refractivity contribution < 1.29 is 0 Å². The molecule has 16 heavy (non-hydrogen) atoms. The third-order valence-electron chi connectivity index (χ3n) is 3.10. The molecular formula is C12H12BrN3. The molecule has 1 aromatic carbocycles. The van der Waals surface area contributed by atoms with Crippen molar-refractivity contribution in [3.05, 3.63) is 34.0 Å². The standard InChI is InChI=1S/C12H12BrN3/c13-9-5-3-4-8-11(9)15-10-6-1-2-7-16(10)12(8)14/h3-5,14H,1-2,6-7H2. The molecule has 0 radical (unpaired) electrons. The molecule has 2 heterocycles. The lowest BCUT2D eigenvalue weighted by atomic mass is 10.1. The molecule has 0 aliphatic carbocycles. The van der Waals surface area contributed by atoms with Gasteiger partial charge in [-0.3, -0.25) is 5.41 Å². The summed E-state index contributed by atoms with van der Waals surface area (Å²) in [7, 11) is 0. The lowest BCUT2D eigenvalue weighted by Crippen LogP contribution is -2.28. The second-order valence-corrected chi connectivity index (χ2v) is 4.98. The summed E-state index contributed by atoms with van der Waals surface area (Å²) < 4.78 is 3.02. The van der Waals surface area contributed by atoms with E-state index in [4.69, 9.17) is 5.41 Å². The number of hydrogen-bond acceptors (Lipinski definition) is 2. The third kappa shape index (κ3) is 1.40. The SMILES string of the molecule is N=c1c2cccc(Br)c2nc2n1CCCC2. The fourth-order valence-electron chi connectivity index (χ4n) is 2.27. The summed E-state index contributed by atoms with van der Waals surface area (Å²) in [5, 5.41) is 9.15. The van der Waals surface area contributed by atoms with Crippen LogP contribution in [-0.4, -0.2) is 9.55 Å². The summed E-state index contributed by atoms with van der Waals surface area (Å²) in [5.74, 6) is 1.05. The predicted octanol–water partition coefficient (Wildman–Crippen LogP) is 2.61. The Hall–Kier alpha value is -1.16. The molecule has 0 unspecified atom stereocenters. The third-order valence-corrected chi connectivity index (χ3v) is 3.74. The Morgan fingerprint density at radius 2 is 2.19 bits per heavy atom. The minimum atomic E-state index is 0.598. The van der Waals surface area contributed by atoms with E-state index in [-0.39, 0.29) is 0 Å². The van der Waals surface area contributed by atoms with Crippen LogP contribution in [0, 0.1) is 5.41 Å². The van der Waals surface area contributed by atoms with Crippen molar-refractivity contribution in [3.63, 3.8) is 0 Å². The summed E-state index contributed by atoms with van der Waals surface area (Å²) in [6, 6.07) is 5.91. The highest BCUT2D eigenvalue weighted by atomic mass is 79.9. The van der Waals surface area contributed by atoms with Gasteiger partial charge in [0.05, 0.1) is 5.52 Å². The average molecular weight is 278 g/mol. The Morgan fingerprint density at radius 1 is 1.31 bits per heavy atom. The van der Waals surface area contributed by atoms with Crippen LogP contribution >= 0.6 is 15.9 Å². The summed E-state index contributed by atoms with van der Waals surface area (Å²) in [5.41, 5.74) is 1.52. The van der Waals surface area contributed by atoms with Crippen LogP contribution in [0.2, 0.25) is 0 Å². The topological polar surface area (TPSA) is 41.7 Å². The first-order valence-electron chi connectivity index (χ1n) is 5.50. The van der Waals surface area contributed by atoms with Crippen LogP contribution < -0.4 is 5.49 Å². The molecule has 4 heteroatoms. The number of nitrogens with one attached hydrogen (secondary N) is 1. The van der Waals surface area contributed by atoms with Crippen LogP contribution in [0.1, 0.15) is 18.7 Å². The maximum Gasteiger partial charge on any atom is 0.135 e. The second-order valence-electron chi connectivity index (χ2n) is 4.12. The van der Waals surface area contributed by atoms with E-state index in [2.05, 4.69) is 20.9 Å². The van der Waals surface area contributed by atoms with Gasteiger partial charge in [0.15, 0.2) is 0 Å². The number of aryl methyl sites for hydroxylation is 1. The predicted molar refractivity (Wildman–Crippen MR) is 66.2 cm³/mol. The molecule has 0 spiro atoms. The van der Waals surface area contributed by atoms with Crippen molar-refractivity contribution in [2.75, 3.05) is 0 Å². The fraction of sp³-hybridized carbons (Fsp3) is 0.333. The van der Waals surface area contributed by atoms with Crippen molar-refractivity contribution >= 4 is 26.8 Å². The zero-order chi connectivity index (χ0) is 11.1. The van der Waals surface area contributed by atoms with Gasteiger partial charge in [0, 0.05) is 22.8 Å². The van der Waals surface area contributed by atoms with Crippen LogP contribution in [0.25, 0.3) is 10.9 Å². The van der Waals surface area contributed by atoms with Crippen LogP contribution in [0.15, 0.2) is 22.7 Å². The molecule has 3 rings (SSSR count). The second kappa shape index (κ2) is 3.70. The lowest BCUT2D eigenvalue weighted by Gasteiger charge is -2.19. The number of halogens is 1. The smallest absolute Gasteiger partial charge is 0.135 e. The van der Waals surface area contributed by atoms with Gasteiger partial charge in [0.25, 0.3) is 0 Å². The molecule has 1 aliphatic rings. The van der Waals surface area contributed by atoms with Crippen molar-refractivity contribution in [2.45, 2.75) is 25.8 Å². The molecular weight excluding hydrogens is 266 g/mol. The molecule has 3 nitrogen and oxygen atoms in total. The monoisotopic (exact) mass is 277 g/mol. The van der Waals surface area contributed by atoms with Gasteiger partial charge in [0.1, 0.15) is 11.3 Å². The molecule has 1 N–H and O–H groups in total. The van der Waals surface area contributed by atoms with Gasteiger partial charge in [0.2, 0.25) is 0 Å². The van der Waals surface area contributed by atoms with Crippen molar-refractivity contribution in [3.8, 4) is 0 Å². The van der Waals surface area contributed by atoms with Crippen LogP contribution in [0.4, 0.5) is 0 Å². The van der Waals surface area contributed by atoms with Gasteiger partial charge < -0.3 is 4.57 Å². The largest absolute Gasteiger partial charge is 0.314 e. The number of nitrogens with zero attached hydrogens (tertiary/aromatic N) is 2. The van der Waals surface area contributed by atoms with E-state index in [0.717, 1.165) is 40.6 Å². The van der Waals surface area contributed by atoms with E-state index in [1.807, 2.05) is 22.8 Å². The van der Waals surface area contributed by atoms with Gasteiger partial charge in [-0.05, 0) is 40.9 Å². The van der Waals surface area contributed by atoms with E-state index in [1.165, 1.54) is 6.42 Å². The van der Waals surface area contributed by atoms with Gasteiger partial charge in [-0.2, -0.15) is 0 Å². The Kier molecular flexibility index (Phi) is 2.32. The van der Waals surface area contributed by atoms with Gasteiger partial charge >= 0.3 is 0 Å². The van der Waals surface area contributed by atoms with Crippen LogP contribution in [-0.2, 0) is 13.0 Å². The zero-order valence-electron chi connectivity index (χ0n) is 8.83. The zero-order valence-corrected chi connectivity index (χ0v) is 10.4. The summed E-state index contributed by atoms with van der Waals surface area (Å²) >= 11 is 3.50. The first-order chi connectivity index (χ1) is 7.77. The highest BCUT2D eigenvalue weighted by Gasteiger charge is 2.13. The molecule has 0 saturated heterocycles. The minimum Gasteiger partial charge on any atom is -0.314 e. The molecule has 0 atom stereocenters. The highest BCUT2D eigenvalue weighted by Crippen LogP contribution is 2.21. The van der Waals surface area contributed by atoms with E-state index in [0.29, 0.717) is 5.49 Å². The highest BCUT2D eigenvalue weighted by molar-refractivity contribution is 9.10. The Morgan fingerprint density at radius 3 is 3.06 bits per heavy atom. The first kappa shape index (κ1) is 10.0. The van der Waals surface area contributed by atoms with E-state index >= 15 is 0 Å². The van der Waals surface area contributed by atoms with Crippen molar-refractivity contribution in [1.82, 2.24) is 9.55 Å². The maximum absolute atomic E-state index is 8.22. The Bertz CT molecular complexity index is 615. The average Bonchev–Trinajstić information content (AvgIpc) is 2.31. The van der Waals surface area contributed by atoms with Crippen LogP contribution in [0.5, 0.6) is 0 Å². The molecule has 0 bridgehead atoms.